The molecule has 0 N–H and O–H groups in total. The van der Waals surface area contributed by atoms with Crippen LogP contribution in [-0.4, -0.2) is 6.04 Å². The smallest absolute Gasteiger partial charge is 0.0491 e. The Morgan fingerprint density at radius 1 is 1.14 bits per heavy atom. The van der Waals surface area contributed by atoms with E-state index in [4.69, 9.17) is 0 Å². The minimum Gasteiger partial charge on any atom is -0.341 e. The lowest BCUT2D eigenvalue weighted by Crippen LogP contribution is -2.27. The van der Waals surface area contributed by atoms with Gasteiger partial charge in [-0.15, -0.1) is 0 Å². The van der Waals surface area contributed by atoms with Crippen molar-refractivity contribution in [2.45, 2.75) is 19.9 Å². The van der Waals surface area contributed by atoms with Crippen molar-refractivity contribution in [3.05, 3.63) is 54.3 Å². The Morgan fingerprint density at radius 3 is 2.64 bits per heavy atom. The van der Waals surface area contributed by atoms with E-state index in [0.29, 0.717) is 6.04 Å². The van der Waals surface area contributed by atoms with Gasteiger partial charge in [-0.2, -0.15) is 0 Å². The second kappa shape index (κ2) is 3.70. The molecule has 1 aliphatic rings. The van der Waals surface area contributed by atoms with Gasteiger partial charge in [-0.05, 0) is 31.6 Å². The van der Waals surface area contributed by atoms with Crippen molar-refractivity contribution in [1.29, 1.82) is 0 Å². The maximum absolute atomic E-state index is 2.29. The SMILES string of the molecule is Cc1ccccc1N1C=CC=CC1C. The van der Waals surface area contributed by atoms with Gasteiger partial charge in [-0.1, -0.05) is 30.4 Å². The Hall–Kier alpha value is -1.50. The zero-order chi connectivity index (χ0) is 9.97. The highest BCUT2D eigenvalue weighted by Gasteiger charge is 2.12. The molecule has 0 spiro atoms. The highest BCUT2D eigenvalue weighted by Crippen LogP contribution is 2.23. The second-order valence-corrected chi connectivity index (χ2v) is 3.66. The minimum absolute atomic E-state index is 0.445. The first kappa shape index (κ1) is 9.07. The third-order valence-corrected chi connectivity index (χ3v) is 2.58. The van der Waals surface area contributed by atoms with Gasteiger partial charge in [0.2, 0.25) is 0 Å². The number of anilines is 1. The number of aryl methyl sites for hydroxylation is 1. The lowest BCUT2D eigenvalue weighted by molar-refractivity contribution is 0.844. The Morgan fingerprint density at radius 2 is 1.93 bits per heavy atom. The van der Waals surface area contributed by atoms with Crippen LogP contribution in [0.25, 0.3) is 0 Å². The molecule has 1 nitrogen and oxygen atoms in total. The molecular formula is C13H15N. The number of nitrogens with zero attached hydrogens (tertiary/aromatic N) is 1. The summed E-state index contributed by atoms with van der Waals surface area (Å²) in [6.45, 7) is 4.35. The molecule has 0 radical (unpaired) electrons. The van der Waals surface area contributed by atoms with E-state index < -0.39 is 0 Å². The quantitative estimate of drug-likeness (QED) is 0.649. The van der Waals surface area contributed by atoms with Gasteiger partial charge in [-0.3, -0.25) is 0 Å². The summed E-state index contributed by atoms with van der Waals surface area (Å²) < 4.78 is 0. The first-order valence-electron chi connectivity index (χ1n) is 4.98. The molecule has 14 heavy (non-hydrogen) atoms. The molecule has 0 aromatic heterocycles. The van der Waals surface area contributed by atoms with Crippen LogP contribution in [0.4, 0.5) is 5.69 Å². The number of allylic oxidation sites excluding steroid dienone is 2. The molecule has 1 aliphatic heterocycles. The van der Waals surface area contributed by atoms with Crippen molar-refractivity contribution in [3.63, 3.8) is 0 Å². The second-order valence-electron chi connectivity index (χ2n) is 3.66. The highest BCUT2D eigenvalue weighted by molar-refractivity contribution is 5.57. The van der Waals surface area contributed by atoms with E-state index in [-0.39, 0.29) is 0 Å². The zero-order valence-corrected chi connectivity index (χ0v) is 8.64. The zero-order valence-electron chi connectivity index (χ0n) is 8.64. The van der Waals surface area contributed by atoms with Gasteiger partial charge in [0.15, 0.2) is 0 Å². The third-order valence-electron chi connectivity index (χ3n) is 2.58. The van der Waals surface area contributed by atoms with Crippen LogP contribution >= 0.6 is 0 Å². The maximum atomic E-state index is 2.29. The van der Waals surface area contributed by atoms with E-state index in [1.165, 1.54) is 11.3 Å². The summed E-state index contributed by atoms with van der Waals surface area (Å²) in [7, 11) is 0. The summed E-state index contributed by atoms with van der Waals surface area (Å²) in [5, 5.41) is 0. The first-order chi connectivity index (χ1) is 6.79. The van der Waals surface area contributed by atoms with E-state index in [0.717, 1.165) is 0 Å². The molecule has 0 fully saturated rings. The summed E-state index contributed by atoms with van der Waals surface area (Å²) in [6.07, 6.45) is 8.51. The van der Waals surface area contributed by atoms with Gasteiger partial charge in [0.1, 0.15) is 0 Å². The van der Waals surface area contributed by atoms with Crippen LogP contribution in [0.3, 0.4) is 0 Å². The molecule has 0 amide bonds. The highest BCUT2D eigenvalue weighted by atomic mass is 15.1. The lowest BCUT2D eigenvalue weighted by atomic mass is 10.1. The number of benzene rings is 1. The van der Waals surface area contributed by atoms with Crippen molar-refractivity contribution in [2.24, 2.45) is 0 Å². The average Bonchev–Trinajstić information content (AvgIpc) is 2.20. The van der Waals surface area contributed by atoms with Crippen molar-refractivity contribution in [1.82, 2.24) is 0 Å². The van der Waals surface area contributed by atoms with Crippen molar-refractivity contribution in [2.75, 3.05) is 4.90 Å². The molecule has 0 saturated carbocycles. The van der Waals surface area contributed by atoms with Crippen molar-refractivity contribution < 1.29 is 0 Å². The molecule has 0 saturated heterocycles. The Labute approximate surface area is 85.4 Å². The van der Waals surface area contributed by atoms with E-state index in [2.05, 4.69) is 67.4 Å². The predicted molar refractivity (Wildman–Crippen MR) is 61.4 cm³/mol. The fraction of sp³-hybridized carbons (Fsp3) is 0.231. The van der Waals surface area contributed by atoms with Gasteiger partial charge in [-0.25, -0.2) is 0 Å². The van der Waals surface area contributed by atoms with Gasteiger partial charge in [0.05, 0.1) is 0 Å². The Balaban J connectivity index is 2.36. The van der Waals surface area contributed by atoms with Crippen molar-refractivity contribution >= 4 is 5.69 Å². The minimum atomic E-state index is 0.445. The van der Waals surface area contributed by atoms with E-state index in [9.17, 15) is 0 Å². The molecular weight excluding hydrogens is 170 g/mol. The molecule has 1 atom stereocenters. The van der Waals surface area contributed by atoms with Gasteiger partial charge in [0.25, 0.3) is 0 Å². The van der Waals surface area contributed by atoms with Gasteiger partial charge in [0, 0.05) is 17.9 Å². The molecule has 1 unspecified atom stereocenters. The van der Waals surface area contributed by atoms with Crippen LogP contribution in [-0.2, 0) is 0 Å². The molecule has 2 rings (SSSR count). The predicted octanol–water partition coefficient (Wildman–Crippen LogP) is 3.27. The summed E-state index contributed by atoms with van der Waals surface area (Å²) in [5.74, 6) is 0. The monoisotopic (exact) mass is 185 g/mol. The summed E-state index contributed by atoms with van der Waals surface area (Å²) in [6, 6.07) is 8.92. The molecule has 1 aromatic carbocycles. The first-order valence-corrected chi connectivity index (χ1v) is 4.98. The van der Waals surface area contributed by atoms with Crippen molar-refractivity contribution in [3.8, 4) is 0 Å². The largest absolute Gasteiger partial charge is 0.341 e. The summed E-state index contributed by atoms with van der Waals surface area (Å²) in [5.41, 5.74) is 2.61. The lowest BCUT2D eigenvalue weighted by Gasteiger charge is -2.28. The molecule has 1 aromatic rings. The Kier molecular flexibility index (Phi) is 2.40. The third kappa shape index (κ3) is 1.58. The van der Waals surface area contributed by atoms with E-state index in [1.807, 2.05) is 0 Å². The Bertz CT molecular complexity index is 377. The number of hydrogen-bond acceptors (Lipinski definition) is 1. The molecule has 0 aliphatic carbocycles. The van der Waals surface area contributed by atoms with E-state index >= 15 is 0 Å². The number of rotatable bonds is 1. The number of para-hydroxylation sites is 1. The van der Waals surface area contributed by atoms with Crippen LogP contribution in [0, 0.1) is 6.92 Å². The van der Waals surface area contributed by atoms with Gasteiger partial charge < -0.3 is 4.90 Å². The number of hydrogen-bond donors (Lipinski definition) is 0. The van der Waals surface area contributed by atoms with Crippen LogP contribution in [0.2, 0.25) is 0 Å². The van der Waals surface area contributed by atoms with Crippen LogP contribution in [0.15, 0.2) is 48.7 Å². The maximum Gasteiger partial charge on any atom is 0.0491 e. The van der Waals surface area contributed by atoms with Crippen LogP contribution in [0.5, 0.6) is 0 Å². The van der Waals surface area contributed by atoms with Gasteiger partial charge >= 0.3 is 0 Å². The molecule has 0 bridgehead atoms. The summed E-state index contributed by atoms with van der Waals surface area (Å²) in [4.78, 5) is 2.29. The average molecular weight is 185 g/mol. The topological polar surface area (TPSA) is 3.24 Å². The fourth-order valence-electron chi connectivity index (χ4n) is 1.75. The van der Waals surface area contributed by atoms with Crippen LogP contribution < -0.4 is 4.90 Å². The molecule has 72 valence electrons. The summed E-state index contributed by atoms with van der Waals surface area (Å²) >= 11 is 0. The van der Waals surface area contributed by atoms with E-state index in [1.54, 1.807) is 0 Å². The van der Waals surface area contributed by atoms with Crippen LogP contribution in [0.1, 0.15) is 12.5 Å². The molecule has 1 heteroatoms. The standard InChI is InChI=1S/C13H15N/c1-11-7-3-4-9-13(11)14-10-6-5-8-12(14)2/h3-10,12H,1-2H3. The fourth-order valence-corrected chi connectivity index (χ4v) is 1.75. The normalized spacial score (nSPS) is 20.1. The molecule has 1 heterocycles.